The molecule has 2 saturated heterocycles. The van der Waals surface area contributed by atoms with E-state index in [2.05, 4.69) is 30.4 Å². The maximum Gasteiger partial charge on any atom is 0.226 e. The molecule has 2 aliphatic heterocycles. The Bertz CT molecular complexity index is 1810. The van der Waals surface area contributed by atoms with Crippen molar-refractivity contribution in [2.24, 2.45) is 5.92 Å². The van der Waals surface area contributed by atoms with Crippen molar-refractivity contribution in [2.75, 3.05) is 29.1 Å². The van der Waals surface area contributed by atoms with E-state index in [1.54, 1.807) is 41.2 Å². The summed E-state index contributed by atoms with van der Waals surface area (Å²) in [4.78, 5) is 23.9. The van der Waals surface area contributed by atoms with Crippen LogP contribution >= 0.6 is 11.6 Å². The number of benzene rings is 1. The Labute approximate surface area is 221 Å². The highest BCUT2D eigenvalue weighted by molar-refractivity contribution is 7.92. The van der Waals surface area contributed by atoms with Gasteiger partial charge in [0.1, 0.15) is 35.2 Å². The number of anilines is 3. The van der Waals surface area contributed by atoms with Crippen LogP contribution in [0.2, 0.25) is 5.02 Å². The van der Waals surface area contributed by atoms with Crippen LogP contribution in [-0.4, -0.2) is 67.0 Å². The lowest BCUT2D eigenvalue weighted by Crippen LogP contribution is -2.27. The van der Waals surface area contributed by atoms with Crippen molar-refractivity contribution in [3.8, 4) is 11.5 Å². The highest BCUT2D eigenvalue weighted by Gasteiger charge is 2.46. The molecule has 0 aliphatic carbocycles. The molecule has 0 unspecified atom stereocenters. The number of aromatic nitrogens is 7. The number of rotatable bonds is 5. The van der Waals surface area contributed by atoms with Crippen LogP contribution < -0.4 is 15.0 Å². The van der Waals surface area contributed by atoms with Gasteiger partial charge in [-0.05, 0) is 36.6 Å². The molecule has 2 aliphatic rings. The van der Waals surface area contributed by atoms with E-state index in [0.29, 0.717) is 70.2 Å². The zero-order chi connectivity index (χ0) is 25.9. The first kappa shape index (κ1) is 23.0. The molecule has 0 radical (unpaired) electrons. The van der Waals surface area contributed by atoms with Gasteiger partial charge in [0, 0.05) is 31.0 Å². The van der Waals surface area contributed by atoms with Crippen LogP contribution in [0.3, 0.4) is 0 Å². The fourth-order valence-electron chi connectivity index (χ4n) is 5.03. The summed E-state index contributed by atoms with van der Waals surface area (Å²) in [5.74, 6) is 2.38. The van der Waals surface area contributed by atoms with Crippen LogP contribution in [0, 0.1) is 5.92 Å². The molecule has 1 N–H and O–H groups in total. The minimum Gasteiger partial charge on any atom is -0.456 e. The zero-order valence-corrected chi connectivity index (χ0v) is 21.3. The maximum atomic E-state index is 12.4. The summed E-state index contributed by atoms with van der Waals surface area (Å²) in [5, 5.41) is 7.37. The summed E-state index contributed by atoms with van der Waals surface area (Å²) < 4.78 is 32.3. The summed E-state index contributed by atoms with van der Waals surface area (Å²) in [6, 6.07) is 8.85. The lowest BCUT2D eigenvalue weighted by Gasteiger charge is -2.17. The van der Waals surface area contributed by atoms with Crippen LogP contribution in [0.5, 0.6) is 11.5 Å². The van der Waals surface area contributed by atoms with Crippen LogP contribution in [0.15, 0.2) is 55.4 Å². The number of fused-ring (bicyclic) bond motifs is 3. The minimum atomic E-state index is -3.05. The smallest absolute Gasteiger partial charge is 0.226 e. The molecule has 2 fully saturated rings. The molecule has 12 nitrogen and oxygen atoms in total. The molecule has 0 bridgehead atoms. The van der Waals surface area contributed by atoms with E-state index >= 15 is 0 Å². The van der Waals surface area contributed by atoms with Crippen molar-refractivity contribution in [3.63, 3.8) is 0 Å². The van der Waals surface area contributed by atoms with E-state index < -0.39 is 9.84 Å². The number of nitrogens with one attached hydrogen (secondary N) is 1. The van der Waals surface area contributed by atoms with Crippen molar-refractivity contribution in [2.45, 2.75) is 11.7 Å². The van der Waals surface area contributed by atoms with E-state index in [1.165, 1.54) is 12.7 Å². The van der Waals surface area contributed by atoms with Gasteiger partial charge in [-0.25, -0.2) is 37.9 Å². The summed E-state index contributed by atoms with van der Waals surface area (Å²) in [5.41, 5.74) is 2.42. The van der Waals surface area contributed by atoms with Gasteiger partial charge < -0.3 is 15.0 Å². The lowest BCUT2D eigenvalue weighted by atomic mass is 10.1. The van der Waals surface area contributed by atoms with E-state index in [9.17, 15) is 8.42 Å². The number of sulfone groups is 1. The molecule has 1 aromatic carbocycles. The number of nitrogens with zero attached hydrogens (tertiary/aromatic N) is 8. The average Bonchev–Trinajstić information content (AvgIpc) is 3.62. The van der Waals surface area contributed by atoms with E-state index in [0.717, 1.165) is 0 Å². The van der Waals surface area contributed by atoms with Crippen molar-refractivity contribution >= 4 is 55.6 Å². The summed E-state index contributed by atoms with van der Waals surface area (Å²) in [6.07, 6.45) is 6.97. The first-order chi connectivity index (χ1) is 18.4. The quantitative estimate of drug-likeness (QED) is 0.345. The van der Waals surface area contributed by atoms with Crippen molar-refractivity contribution in [1.29, 1.82) is 0 Å². The van der Waals surface area contributed by atoms with Gasteiger partial charge in [-0.2, -0.15) is 5.10 Å². The molecular formula is C24H20ClN9O3S. The highest BCUT2D eigenvalue weighted by Crippen LogP contribution is 2.36. The predicted molar refractivity (Wildman–Crippen MR) is 141 cm³/mol. The largest absolute Gasteiger partial charge is 0.456 e. The standard InChI is InChI=1S/C24H20ClN9O3S/c25-17-7-15(1-2-19(17)37-16-3-5-34-21(8-16)28-13-30-34)31-23-22-18(27-12-29-23)9-26-24(32-22)33-10-14-4-6-38(35,36)20(14)11-33/h1-3,5,7-9,12-14,20H,4,6,10-11H2,(H,27,29,31)/t14-,20+/m1/s1. The Kier molecular flexibility index (Phi) is 5.30. The molecule has 0 saturated carbocycles. The monoisotopic (exact) mass is 549 g/mol. The molecule has 0 spiro atoms. The lowest BCUT2D eigenvalue weighted by molar-refractivity contribution is 0.482. The van der Waals surface area contributed by atoms with Crippen molar-refractivity contribution in [3.05, 3.63) is 60.4 Å². The van der Waals surface area contributed by atoms with Gasteiger partial charge in [0.2, 0.25) is 5.95 Å². The molecule has 14 heteroatoms. The molecule has 2 atom stereocenters. The first-order valence-corrected chi connectivity index (χ1v) is 14.0. The fourth-order valence-corrected chi connectivity index (χ4v) is 7.40. The Morgan fingerprint density at radius 1 is 1.05 bits per heavy atom. The second kappa shape index (κ2) is 8.74. The summed E-state index contributed by atoms with van der Waals surface area (Å²) in [6.45, 7) is 1.02. The number of pyridine rings is 1. The predicted octanol–water partition coefficient (Wildman–Crippen LogP) is 3.28. The van der Waals surface area contributed by atoms with Crippen molar-refractivity contribution < 1.29 is 13.2 Å². The Morgan fingerprint density at radius 3 is 2.84 bits per heavy atom. The summed E-state index contributed by atoms with van der Waals surface area (Å²) >= 11 is 6.53. The molecule has 38 heavy (non-hydrogen) atoms. The van der Waals surface area contributed by atoms with Crippen molar-refractivity contribution in [1.82, 2.24) is 34.5 Å². The Balaban J connectivity index is 1.14. The normalized spacial score (nSPS) is 20.2. The van der Waals surface area contributed by atoms with Gasteiger partial charge in [0.15, 0.2) is 21.3 Å². The fraction of sp³-hybridized carbons (Fsp3) is 0.250. The molecular weight excluding hydrogens is 530 g/mol. The van der Waals surface area contributed by atoms with E-state index in [4.69, 9.17) is 21.3 Å². The van der Waals surface area contributed by atoms with Gasteiger partial charge in [-0.3, -0.25) is 0 Å². The number of halogens is 1. The first-order valence-electron chi connectivity index (χ1n) is 11.9. The van der Waals surface area contributed by atoms with Gasteiger partial charge in [0.05, 0.1) is 22.2 Å². The Morgan fingerprint density at radius 2 is 1.97 bits per heavy atom. The SMILES string of the molecule is O=S1(=O)CC[C@@H]2CN(c3ncc4ncnc(Nc5ccc(Oc6ccn7ncnc7c6)c(Cl)c5)c4n3)C[C@@H]21. The van der Waals surface area contributed by atoms with Crippen LogP contribution in [0.4, 0.5) is 17.5 Å². The number of hydrogen-bond acceptors (Lipinski definition) is 11. The number of ether oxygens (including phenoxy) is 1. The van der Waals surface area contributed by atoms with Crippen LogP contribution in [-0.2, 0) is 9.84 Å². The average molecular weight is 550 g/mol. The molecule has 5 aromatic rings. The topological polar surface area (TPSA) is 140 Å². The van der Waals surface area contributed by atoms with Gasteiger partial charge in [0.25, 0.3) is 0 Å². The molecule has 6 heterocycles. The second-order valence-electron chi connectivity index (χ2n) is 9.28. The third kappa shape index (κ3) is 4.03. The molecule has 192 valence electrons. The molecule has 4 aromatic heterocycles. The number of hydrogen-bond donors (Lipinski definition) is 1. The third-order valence-electron chi connectivity index (χ3n) is 6.94. The van der Waals surface area contributed by atoms with Crippen LogP contribution in [0.25, 0.3) is 16.7 Å². The van der Waals surface area contributed by atoms with E-state index in [1.807, 2.05) is 11.0 Å². The highest BCUT2D eigenvalue weighted by atomic mass is 35.5. The van der Waals surface area contributed by atoms with Gasteiger partial charge >= 0.3 is 0 Å². The minimum absolute atomic E-state index is 0.116. The zero-order valence-electron chi connectivity index (χ0n) is 19.8. The van der Waals surface area contributed by atoms with Gasteiger partial charge in [-0.15, -0.1) is 0 Å². The molecule has 7 rings (SSSR count). The van der Waals surface area contributed by atoms with Gasteiger partial charge in [-0.1, -0.05) is 11.6 Å². The summed E-state index contributed by atoms with van der Waals surface area (Å²) in [7, 11) is -3.05. The van der Waals surface area contributed by atoms with Crippen LogP contribution in [0.1, 0.15) is 6.42 Å². The molecule has 0 amide bonds. The second-order valence-corrected chi connectivity index (χ2v) is 12.0. The third-order valence-corrected chi connectivity index (χ3v) is 9.49. The maximum absolute atomic E-state index is 12.4. The Hall–Kier alpha value is -4.10. The van der Waals surface area contributed by atoms with E-state index in [-0.39, 0.29) is 16.9 Å².